The summed E-state index contributed by atoms with van der Waals surface area (Å²) in [6.45, 7) is 5.77. The van der Waals surface area contributed by atoms with Crippen molar-refractivity contribution in [3.05, 3.63) is 48.0 Å². The van der Waals surface area contributed by atoms with Gasteiger partial charge in [0.05, 0.1) is 23.5 Å². The summed E-state index contributed by atoms with van der Waals surface area (Å²) in [7, 11) is 0. The first-order valence-corrected chi connectivity index (χ1v) is 10.5. The second kappa shape index (κ2) is 8.65. The van der Waals surface area contributed by atoms with Crippen LogP contribution >= 0.6 is 0 Å². The first kappa shape index (κ1) is 20.1. The predicted octanol–water partition coefficient (Wildman–Crippen LogP) is 3.46. The Bertz CT molecular complexity index is 934. The van der Waals surface area contributed by atoms with Gasteiger partial charge in [-0.05, 0) is 50.1 Å². The second-order valence-corrected chi connectivity index (χ2v) is 7.67. The average Bonchev–Trinajstić information content (AvgIpc) is 3.60. The lowest BCUT2D eigenvalue weighted by atomic mass is 10.1. The molecule has 1 heterocycles. The maximum atomic E-state index is 12.1. The molecular weight excluding hydrogens is 382 g/mol. The van der Waals surface area contributed by atoms with Crippen LogP contribution in [0.5, 0.6) is 5.75 Å². The molecule has 1 saturated heterocycles. The number of hydrogen-bond donors (Lipinski definition) is 2. The van der Waals surface area contributed by atoms with Gasteiger partial charge in [0, 0.05) is 37.8 Å². The number of benzene rings is 2. The number of carboxylic acids is 1. The Labute approximate surface area is 176 Å². The maximum absolute atomic E-state index is 12.1. The molecule has 2 aliphatic rings. The molecule has 30 heavy (non-hydrogen) atoms. The summed E-state index contributed by atoms with van der Waals surface area (Å²) >= 11 is 0. The van der Waals surface area contributed by atoms with Crippen LogP contribution in [0.25, 0.3) is 0 Å². The average molecular weight is 409 g/mol. The van der Waals surface area contributed by atoms with Crippen LogP contribution < -0.4 is 19.9 Å². The Morgan fingerprint density at radius 2 is 1.77 bits per heavy atom. The number of para-hydroxylation sites is 2. The van der Waals surface area contributed by atoms with Gasteiger partial charge in [-0.15, -0.1) is 0 Å². The topological polar surface area (TPSA) is 82.1 Å². The summed E-state index contributed by atoms with van der Waals surface area (Å²) in [5.74, 6) is -0.213. The predicted molar refractivity (Wildman–Crippen MR) is 117 cm³/mol. The van der Waals surface area contributed by atoms with Crippen molar-refractivity contribution in [2.75, 3.05) is 47.9 Å². The third kappa shape index (κ3) is 4.35. The molecule has 2 aromatic carbocycles. The fraction of sp³-hybridized carbons (Fsp3) is 0.391. The lowest BCUT2D eigenvalue weighted by Gasteiger charge is -2.38. The summed E-state index contributed by atoms with van der Waals surface area (Å²) in [6.07, 6.45) is 1.76. The van der Waals surface area contributed by atoms with Gasteiger partial charge in [-0.1, -0.05) is 12.1 Å². The molecule has 0 unspecified atom stereocenters. The van der Waals surface area contributed by atoms with E-state index in [1.54, 1.807) is 12.1 Å². The summed E-state index contributed by atoms with van der Waals surface area (Å²) < 4.78 is 5.75. The van der Waals surface area contributed by atoms with Crippen molar-refractivity contribution in [2.45, 2.75) is 19.8 Å². The maximum Gasteiger partial charge on any atom is 0.337 e. The van der Waals surface area contributed by atoms with E-state index in [-0.39, 0.29) is 17.4 Å². The fourth-order valence-electron chi connectivity index (χ4n) is 3.80. The number of ether oxygens (including phenoxy) is 1. The van der Waals surface area contributed by atoms with Crippen LogP contribution in [0.2, 0.25) is 0 Å². The van der Waals surface area contributed by atoms with Crippen LogP contribution in [-0.4, -0.2) is 49.8 Å². The molecule has 1 aliphatic heterocycles. The quantitative estimate of drug-likeness (QED) is 0.729. The van der Waals surface area contributed by atoms with Gasteiger partial charge in [0.25, 0.3) is 0 Å². The van der Waals surface area contributed by atoms with Gasteiger partial charge in [-0.2, -0.15) is 0 Å². The molecular formula is C23H27N3O4. The minimum Gasteiger partial charge on any atom is -0.492 e. The van der Waals surface area contributed by atoms with Crippen molar-refractivity contribution >= 4 is 28.9 Å². The Hall–Kier alpha value is -3.22. The fourth-order valence-corrected chi connectivity index (χ4v) is 3.80. The Morgan fingerprint density at radius 3 is 2.43 bits per heavy atom. The molecule has 0 spiro atoms. The van der Waals surface area contributed by atoms with Crippen LogP contribution in [0.15, 0.2) is 42.5 Å². The van der Waals surface area contributed by atoms with Crippen molar-refractivity contribution in [1.82, 2.24) is 0 Å². The molecule has 7 nitrogen and oxygen atoms in total. The zero-order chi connectivity index (χ0) is 21.1. The zero-order valence-electron chi connectivity index (χ0n) is 17.1. The zero-order valence-corrected chi connectivity index (χ0v) is 17.1. The Morgan fingerprint density at radius 1 is 1.07 bits per heavy atom. The summed E-state index contributed by atoms with van der Waals surface area (Å²) in [4.78, 5) is 28.3. The highest BCUT2D eigenvalue weighted by Crippen LogP contribution is 2.33. The summed E-state index contributed by atoms with van der Waals surface area (Å²) in [5, 5.41) is 12.4. The number of aromatic carboxylic acids is 1. The Kier molecular flexibility index (Phi) is 5.79. The van der Waals surface area contributed by atoms with Crippen LogP contribution in [-0.2, 0) is 4.79 Å². The molecule has 1 aliphatic carbocycles. The lowest BCUT2D eigenvalue weighted by Crippen LogP contribution is -2.46. The number of nitrogens with one attached hydrogen (secondary N) is 1. The van der Waals surface area contributed by atoms with Crippen molar-refractivity contribution in [3.63, 3.8) is 0 Å². The van der Waals surface area contributed by atoms with Gasteiger partial charge in [0.1, 0.15) is 5.75 Å². The number of rotatable bonds is 7. The highest BCUT2D eigenvalue weighted by molar-refractivity contribution is 6.02. The van der Waals surface area contributed by atoms with E-state index in [1.165, 1.54) is 0 Å². The number of piperazine rings is 1. The highest BCUT2D eigenvalue weighted by atomic mass is 16.5. The van der Waals surface area contributed by atoms with Crippen LogP contribution in [0.3, 0.4) is 0 Å². The first-order valence-electron chi connectivity index (χ1n) is 10.5. The van der Waals surface area contributed by atoms with Crippen LogP contribution in [0.1, 0.15) is 30.1 Å². The second-order valence-electron chi connectivity index (χ2n) is 7.67. The van der Waals surface area contributed by atoms with Crippen molar-refractivity contribution in [2.24, 2.45) is 5.92 Å². The molecule has 7 heteroatoms. The normalized spacial score (nSPS) is 16.3. The van der Waals surface area contributed by atoms with Gasteiger partial charge in [0.2, 0.25) is 5.91 Å². The monoisotopic (exact) mass is 409 g/mol. The van der Waals surface area contributed by atoms with E-state index in [2.05, 4.69) is 21.2 Å². The van der Waals surface area contributed by atoms with Gasteiger partial charge in [-0.25, -0.2) is 4.79 Å². The van der Waals surface area contributed by atoms with E-state index in [9.17, 15) is 14.7 Å². The molecule has 2 aromatic rings. The number of anilines is 3. The van der Waals surface area contributed by atoms with Gasteiger partial charge in [-0.3, -0.25) is 4.79 Å². The number of carboxylic acid groups (broad SMARTS) is 1. The van der Waals surface area contributed by atoms with E-state index in [0.717, 1.165) is 56.1 Å². The van der Waals surface area contributed by atoms with E-state index in [0.29, 0.717) is 12.3 Å². The third-order valence-electron chi connectivity index (χ3n) is 5.59. The third-order valence-corrected chi connectivity index (χ3v) is 5.59. The minimum absolute atomic E-state index is 0.0268. The molecule has 0 bridgehead atoms. The van der Waals surface area contributed by atoms with E-state index < -0.39 is 5.97 Å². The van der Waals surface area contributed by atoms with E-state index in [1.807, 2.05) is 31.2 Å². The highest BCUT2D eigenvalue weighted by Gasteiger charge is 2.30. The summed E-state index contributed by atoms with van der Waals surface area (Å²) in [6, 6.07) is 13.3. The molecule has 2 fully saturated rings. The van der Waals surface area contributed by atoms with Crippen molar-refractivity contribution in [3.8, 4) is 5.75 Å². The standard InChI is InChI=1S/C23H27N3O4/c1-2-30-21-6-4-3-5-20(21)26-13-11-25(12-14-26)17-9-10-19(18(15-17)23(28)29)24-22(27)16-7-8-16/h3-6,9-10,15-16H,2,7-8,11-14H2,1H3,(H,24,27)(H,28,29). The molecule has 0 radical (unpaired) electrons. The van der Waals surface area contributed by atoms with Crippen molar-refractivity contribution < 1.29 is 19.4 Å². The number of hydrogen-bond acceptors (Lipinski definition) is 5. The molecule has 1 amide bonds. The number of carbonyl (C=O) groups is 2. The lowest BCUT2D eigenvalue weighted by molar-refractivity contribution is -0.117. The minimum atomic E-state index is -1.03. The van der Waals surface area contributed by atoms with Gasteiger partial charge < -0.3 is 25.0 Å². The first-order chi connectivity index (χ1) is 14.6. The number of carbonyl (C=O) groups excluding carboxylic acids is 1. The molecule has 0 aromatic heterocycles. The molecule has 158 valence electrons. The Balaban J connectivity index is 1.46. The molecule has 4 rings (SSSR count). The van der Waals surface area contributed by atoms with Crippen LogP contribution in [0, 0.1) is 5.92 Å². The smallest absolute Gasteiger partial charge is 0.337 e. The van der Waals surface area contributed by atoms with Gasteiger partial charge in [0.15, 0.2) is 0 Å². The molecule has 0 atom stereocenters. The SMILES string of the molecule is CCOc1ccccc1N1CCN(c2ccc(NC(=O)C3CC3)c(C(=O)O)c2)CC1. The number of nitrogens with zero attached hydrogens (tertiary/aromatic N) is 2. The molecule has 1 saturated carbocycles. The van der Waals surface area contributed by atoms with E-state index in [4.69, 9.17) is 4.74 Å². The van der Waals surface area contributed by atoms with Crippen LogP contribution in [0.4, 0.5) is 17.1 Å². The van der Waals surface area contributed by atoms with E-state index >= 15 is 0 Å². The largest absolute Gasteiger partial charge is 0.492 e. The summed E-state index contributed by atoms with van der Waals surface area (Å²) in [5.41, 5.74) is 2.44. The number of amides is 1. The van der Waals surface area contributed by atoms with Gasteiger partial charge >= 0.3 is 5.97 Å². The molecule has 2 N–H and O–H groups in total. The van der Waals surface area contributed by atoms with Crippen molar-refractivity contribution in [1.29, 1.82) is 0 Å².